The molecule has 10 nitrogen and oxygen atoms in total. The monoisotopic (exact) mass is 641 g/mol. The maximum atomic E-state index is 14.3. The smallest absolute Gasteiger partial charge is 0.435 e. The van der Waals surface area contributed by atoms with Gasteiger partial charge >= 0.3 is 12.1 Å². The summed E-state index contributed by atoms with van der Waals surface area (Å²) >= 11 is 0. The summed E-state index contributed by atoms with van der Waals surface area (Å²) in [6.45, 7) is 0.0728. The van der Waals surface area contributed by atoms with Gasteiger partial charge in [-0.2, -0.15) is 18.3 Å². The molecule has 0 N–H and O–H groups in total. The zero-order valence-electron chi connectivity index (χ0n) is 24.0. The van der Waals surface area contributed by atoms with E-state index >= 15 is 0 Å². The van der Waals surface area contributed by atoms with E-state index in [0.717, 1.165) is 4.68 Å². The first-order valence-electron chi connectivity index (χ1n) is 13.8. The first kappa shape index (κ1) is 30.2. The quantitative estimate of drug-likeness (QED) is 0.270. The summed E-state index contributed by atoms with van der Waals surface area (Å²) in [6, 6.07) is 16.2. The van der Waals surface area contributed by atoms with Gasteiger partial charge in [0.15, 0.2) is 27.0 Å². The number of sulfone groups is 1. The molecule has 0 bridgehead atoms. The van der Waals surface area contributed by atoms with Crippen molar-refractivity contribution in [3.05, 3.63) is 94.8 Å². The van der Waals surface area contributed by atoms with Crippen LogP contribution in [0.15, 0.2) is 71.6 Å². The number of aromatic nitrogens is 2. The number of hydrogen-bond acceptors (Lipinski definition) is 8. The summed E-state index contributed by atoms with van der Waals surface area (Å²) in [5, 5.41) is 2.75. The number of benzene rings is 3. The number of anilines is 1. The molecule has 6 rings (SSSR count). The first-order chi connectivity index (χ1) is 21.4. The summed E-state index contributed by atoms with van der Waals surface area (Å²) in [4.78, 5) is 26.4. The van der Waals surface area contributed by atoms with Gasteiger partial charge in [0.25, 0.3) is 5.91 Å². The van der Waals surface area contributed by atoms with Gasteiger partial charge in [0, 0.05) is 35.6 Å². The van der Waals surface area contributed by atoms with Crippen LogP contribution in [0.2, 0.25) is 0 Å². The fourth-order valence-corrected chi connectivity index (χ4v) is 7.27. The molecular formula is C31H26F3N3O7S. The van der Waals surface area contributed by atoms with Crippen LogP contribution >= 0.6 is 0 Å². The van der Waals surface area contributed by atoms with Crippen LogP contribution in [0, 0.1) is 0 Å². The second-order valence-corrected chi connectivity index (χ2v) is 12.8. The zero-order valence-corrected chi connectivity index (χ0v) is 24.8. The third kappa shape index (κ3) is 5.50. The van der Waals surface area contributed by atoms with E-state index in [2.05, 4.69) is 9.84 Å². The number of carbonyl (C=O) groups is 2. The highest BCUT2D eigenvalue weighted by molar-refractivity contribution is 7.92. The molecule has 0 fully saturated rings. The molecule has 1 atom stereocenters. The van der Waals surface area contributed by atoms with Crippen molar-refractivity contribution in [2.45, 2.75) is 35.6 Å². The summed E-state index contributed by atoms with van der Waals surface area (Å²) in [6.07, 6.45) is -5.22. The molecule has 3 aromatic carbocycles. The Morgan fingerprint density at radius 3 is 2.44 bits per heavy atom. The Morgan fingerprint density at radius 2 is 1.73 bits per heavy atom. The fraction of sp³-hybridized carbons (Fsp3) is 0.258. The zero-order chi connectivity index (χ0) is 32.1. The molecule has 0 radical (unpaired) electrons. The van der Waals surface area contributed by atoms with E-state index in [0.29, 0.717) is 17.2 Å². The normalized spacial score (nSPS) is 15.8. The molecule has 14 heteroatoms. The van der Waals surface area contributed by atoms with Crippen molar-refractivity contribution in [3.63, 3.8) is 0 Å². The lowest BCUT2D eigenvalue weighted by atomic mass is 9.95. The largest absolute Gasteiger partial charge is 0.465 e. The Balaban J connectivity index is 1.31. The van der Waals surface area contributed by atoms with Crippen molar-refractivity contribution in [2.75, 3.05) is 25.9 Å². The molecule has 2 heterocycles. The van der Waals surface area contributed by atoms with Gasteiger partial charge in [0.1, 0.15) is 0 Å². The van der Waals surface area contributed by atoms with Gasteiger partial charge in [-0.3, -0.25) is 4.79 Å². The molecule has 2 aliphatic rings. The van der Waals surface area contributed by atoms with Crippen molar-refractivity contribution in [1.29, 1.82) is 0 Å². The van der Waals surface area contributed by atoms with Crippen molar-refractivity contribution >= 4 is 27.4 Å². The Kier molecular flexibility index (Phi) is 7.55. The second kappa shape index (κ2) is 11.3. The third-order valence-corrected chi connectivity index (χ3v) is 10.1. The number of esters is 1. The number of fused-ring (bicyclic) bond motifs is 2. The summed E-state index contributed by atoms with van der Waals surface area (Å²) in [5.41, 5.74) is -0.0501. The number of methoxy groups -OCH3 is 1. The minimum atomic E-state index is -4.85. The van der Waals surface area contributed by atoms with Gasteiger partial charge in [-0.1, -0.05) is 6.07 Å². The molecule has 45 heavy (non-hydrogen) atoms. The van der Waals surface area contributed by atoms with Crippen molar-refractivity contribution < 1.29 is 45.4 Å². The fourth-order valence-electron chi connectivity index (χ4n) is 5.56. The van der Waals surface area contributed by atoms with Gasteiger partial charge in [-0.25, -0.2) is 17.9 Å². The average Bonchev–Trinajstić information content (AvgIpc) is 3.68. The number of nitrogens with zero attached hydrogens (tertiary/aromatic N) is 3. The molecule has 0 spiro atoms. The Hall–Kier alpha value is -4.85. The van der Waals surface area contributed by atoms with Gasteiger partial charge in [-0.05, 0) is 73.9 Å². The Labute approximate surface area is 255 Å². The molecule has 234 valence electrons. The molecular weight excluding hydrogens is 615 g/mol. The molecule has 4 aromatic rings. The van der Waals surface area contributed by atoms with E-state index in [1.807, 2.05) is 0 Å². The van der Waals surface area contributed by atoms with Gasteiger partial charge in [-0.15, -0.1) is 0 Å². The maximum absolute atomic E-state index is 14.3. The van der Waals surface area contributed by atoms with Crippen LogP contribution in [0.4, 0.5) is 18.9 Å². The van der Waals surface area contributed by atoms with E-state index in [4.69, 9.17) is 9.47 Å². The predicted molar refractivity (Wildman–Crippen MR) is 155 cm³/mol. The van der Waals surface area contributed by atoms with Crippen LogP contribution in [-0.4, -0.2) is 56.3 Å². The summed E-state index contributed by atoms with van der Waals surface area (Å²) in [5.74, 6) is -0.0229. The van der Waals surface area contributed by atoms with Crippen molar-refractivity contribution in [2.24, 2.45) is 0 Å². The molecule has 1 aromatic heterocycles. The van der Waals surface area contributed by atoms with Crippen LogP contribution < -0.4 is 14.4 Å². The van der Waals surface area contributed by atoms with Crippen LogP contribution in [0.3, 0.4) is 0 Å². The van der Waals surface area contributed by atoms with E-state index in [9.17, 15) is 31.2 Å². The minimum absolute atomic E-state index is 0.00216. The number of hydrogen-bond donors (Lipinski definition) is 0. The number of ether oxygens (including phenoxy) is 3. The van der Waals surface area contributed by atoms with Gasteiger partial charge < -0.3 is 19.1 Å². The lowest BCUT2D eigenvalue weighted by molar-refractivity contribution is -0.142. The summed E-state index contributed by atoms with van der Waals surface area (Å²) < 4.78 is 86.2. The van der Waals surface area contributed by atoms with E-state index in [-0.39, 0.29) is 52.6 Å². The Morgan fingerprint density at radius 1 is 1.00 bits per heavy atom. The average molecular weight is 642 g/mol. The standard InChI is InChI=1S/C31H26F3N3O7S/c1-36(20-8-13-26-27(15-20)44-17-43-26)29(38)19-4-3-5-21(14-19)37-25-12-11-23(16-24(25)28(35-37)31(32,33)34)45(40,41)22-9-6-18(7-10-22)30(39)42-2/h3-10,13-15,23H,11-12,16-17H2,1-2H3. The molecule has 0 saturated carbocycles. The Bertz CT molecular complexity index is 1920. The van der Waals surface area contributed by atoms with Gasteiger partial charge in [0.05, 0.1) is 28.5 Å². The maximum Gasteiger partial charge on any atom is 0.435 e. The minimum Gasteiger partial charge on any atom is -0.465 e. The molecule has 1 aliphatic heterocycles. The molecule has 1 aliphatic carbocycles. The molecule has 0 saturated heterocycles. The third-order valence-electron chi connectivity index (χ3n) is 7.92. The highest BCUT2D eigenvalue weighted by Crippen LogP contribution is 2.40. The van der Waals surface area contributed by atoms with E-state index in [1.165, 1.54) is 48.4 Å². The second-order valence-electron chi connectivity index (χ2n) is 10.6. The number of rotatable bonds is 6. The first-order valence-corrected chi connectivity index (χ1v) is 15.3. The van der Waals surface area contributed by atoms with Crippen LogP contribution in [-0.2, 0) is 33.6 Å². The van der Waals surface area contributed by atoms with Crippen molar-refractivity contribution in [3.8, 4) is 17.2 Å². The molecule has 1 amide bonds. The highest BCUT2D eigenvalue weighted by Gasteiger charge is 2.43. The SMILES string of the molecule is COC(=O)c1ccc(S(=O)(=O)C2CCc3c(c(C(F)(F)F)nn3-c3cccc(C(=O)N(C)c4ccc5c(c4)OCO5)c3)C2)cc1. The van der Waals surface area contributed by atoms with Crippen LogP contribution in [0.25, 0.3) is 5.69 Å². The van der Waals surface area contributed by atoms with E-state index < -0.39 is 45.3 Å². The van der Waals surface area contributed by atoms with Crippen molar-refractivity contribution in [1.82, 2.24) is 9.78 Å². The lowest BCUT2D eigenvalue weighted by Crippen LogP contribution is -2.30. The van der Waals surface area contributed by atoms with Crippen LogP contribution in [0.5, 0.6) is 11.5 Å². The predicted octanol–water partition coefficient (Wildman–Crippen LogP) is 5.01. The van der Waals surface area contributed by atoms with E-state index in [1.54, 1.807) is 37.4 Å². The van der Waals surface area contributed by atoms with Crippen LogP contribution in [0.1, 0.15) is 44.1 Å². The number of carbonyl (C=O) groups excluding carboxylic acids is 2. The number of amides is 1. The van der Waals surface area contributed by atoms with Gasteiger partial charge in [0.2, 0.25) is 6.79 Å². The number of halogens is 3. The number of alkyl halides is 3. The lowest BCUT2D eigenvalue weighted by Gasteiger charge is -2.24. The highest BCUT2D eigenvalue weighted by atomic mass is 32.2. The topological polar surface area (TPSA) is 117 Å². The molecule has 1 unspecified atom stereocenters. The summed E-state index contributed by atoms with van der Waals surface area (Å²) in [7, 11) is -1.30.